The predicted molar refractivity (Wildman–Crippen MR) is 131 cm³/mol. The number of benzene rings is 1. The lowest BCUT2D eigenvalue weighted by atomic mass is 10.0. The van der Waals surface area contributed by atoms with Crippen LogP contribution in [-0.4, -0.2) is 54.7 Å². The Morgan fingerprint density at radius 2 is 1.80 bits per heavy atom. The minimum Gasteiger partial charge on any atom is -0.478 e. The average Bonchev–Trinajstić information content (AvgIpc) is 3.25. The summed E-state index contributed by atoms with van der Waals surface area (Å²) in [6.07, 6.45) is 8.23. The van der Waals surface area contributed by atoms with Gasteiger partial charge in [0.25, 0.3) is 0 Å². The first kappa shape index (κ1) is 23.0. The number of amides is 1. The number of piperidine rings is 1. The maximum atomic E-state index is 12.7. The molecule has 182 valence electrons. The number of aryl methyl sites for hydroxylation is 1. The minimum atomic E-state index is -0.959. The Morgan fingerprint density at radius 3 is 2.43 bits per heavy atom. The van der Waals surface area contributed by atoms with Crippen molar-refractivity contribution < 1.29 is 14.7 Å². The van der Waals surface area contributed by atoms with E-state index in [1.165, 1.54) is 0 Å². The van der Waals surface area contributed by atoms with Crippen LogP contribution in [0.3, 0.4) is 0 Å². The molecule has 2 aliphatic rings. The highest BCUT2D eigenvalue weighted by atomic mass is 16.4. The summed E-state index contributed by atoms with van der Waals surface area (Å²) in [4.78, 5) is 34.9. The van der Waals surface area contributed by atoms with Gasteiger partial charge in [0, 0.05) is 37.0 Å². The fourth-order valence-electron chi connectivity index (χ4n) is 4.76. The molecule has 0 spiro atoms. The normalized spacial score (nSPS) is 19.4. The van der Waals surface area contributed by atoms with Crippen molar-refractivity contribution in [2.45, 2.75) is 46.1 Å². The van der Waals surface area contributed by atoms with Gasteiger partial charge in [-0.2, -0.15) is 5.10 Å². The number of nitrogens with one attached hydrogen (secondary N) is 1. The number of hydrogen-bond acceptors (Lipinski definition) is 6. The van der Waals surface area contributed by atoms with Crippen LogP contribution in [0.4, 0.5) is 11.6 Å². The summed E-state index contributed by atoms with van der Waals surface area (Å²) in [5.41, 5.74) is 3.64. The van der Waals surface area contributed by atoms with Gasteiger partial charge < -0.3 is 15.3 Å². The first-order chi connectivity index (χ1) is 16.7. The van der Waals surface area contributed by atoms with Crippen LogP contribution in [0.1, 0.15) is 55.1 Å². The highest BCUT2D eigenvalue weighted by molar-refractivity contribution is 5.88. The van der Waals surface area contributed by atoms with Crippen molar-refractivity contribution in [1.82, 2.24) is 24.6 Å². The fourth-order valence-corrected chi connectivity index (χ4v) is 4.76. The second-order valence-corrected chi connectivity index (χ2v) is 10.2. The van der Waals surface area contributed by atoms with Crippen LogP contribution in [0, 0.1) is 18.3 Å². The van der Waals surface area contributed by atoms with Crippen molar-refractivity contribution in [3.63, 3.8) is 0 Å². The third-order valence-corrected chi connectivity index (χ3v) is 7.20. The Hall–Kier alpha value is -3.75. The molecule has 1 aromatic carbocycles. The lowest BCUT2D eigenvalue weighted by Gasteiger charge is -2.32. The first-order valence-electron chi connectivity index (χ1n) is 12.0. The van der Waals surface area contributed by atoms with Crippen molar-refractivity contribution >= 4 is 23.5 Å². The van der Waals surface area contributed by atoms with Crippen molar-refractivity contribution in [3.8, 4) is 11.3 Å². The number of anilines is 2. The summed E-state index contributed by atoms with van der Waals surface area (Å²) in [5.74, 6) is -0.0188. The molecule has 1 aliphatic heterocycles. The van der Waals surface area contributed by atoms with E-state index in [4.69, 9.17) is 5.11 Å². The van der Waals surface area contributed by atoms with Gasteiger partial charge in [-0.15, -0.1) is 0 Å². The van der Waals surface area contributed by atoms with Gasteiger partial charge in [-0.1, -0.05) is 26.0 Å². The Labute approximate surface area is 204 Å². The molecule has 1 saturated carbocycles. The van der Waals surface area contributed by atoms with Crippen LogP contribution in [0.5, 0.6) is 0 Å². The van der Waals surface area contributed by atoms with Crippen molar-refractivity contribution in [1.29, 1.82) is 0 Å². The number of hydrogen-bond donors (Lipinski definition) is 2. The predicted octanol–water partition coefficient (Wildman–Crippen LogP) is 4.30. The smallest absolute Gasteiger partial charge is 0.335 e. The number of carboxylic acid groups (broad SMARTS) is 1. The topological polar surface area (TPSA) is 113 Å². The van der Waals surface area contributed by atoms with E-state index >= 15 is 0 Å². The zero-order chi connectivity index (χ0) is 24.7. The number of carbonyl (C=O) groups is 2. The number of rotatable bonds is 6. The second kappa shape index (κ2) is 8.79. The zero-order valence-electron chi connectivity index (χ0n) is 20.2. The largest absolute Gasteiger partial charge is 0.478 e. The monoisotopic (exact) mass is 474 g/mol. The Kier molecular flexibility index (Phi) is 5.78. The number of likely N-dealkylation sites (tertiary alicyclic amines) is 1. The summed E-state index contributed by atoms with van der Waals surface area (Å²) in [7, 11) is 0. The van der Waals surface area contributed by atoms with Gasteiger partial charge >= 0.3 is 5.97 Å². The molecule has 3 aromatic rings. The Bertz CT molecular complexity index is 1260. The van der Waals surface area contributed by atoms with Gasteiger partial charge in [-0.05, 0) is 49.3 Å². The molecule has 9 heteroatoms. The van der Waals surface area contributed by atoms with Crippen LogP contribution in [0.2, 0.25) is 0 Å². The number of carboxylic acids is 1. The molecule has 2 fully saturated rings. The molecule has 5 rings (SSSR count). The van der Waals surface area contributed by atoms with E-state index in [-0.39, 0.29) is 22.9 Å². The maximum Gasteiger partial charge on any atom is 0.335 e. The van der Waals surface area contributed by atoms with Crippen molar-refractivity contribution in [2.75, 3.05) is 18.4 Å². The van der Waals surface area contributed by atoms with E-state index in [0.29, 0.717) is 11.9 Å². The number of aromatic nitrogens is 4. The van der Waals surface area contributed by atoms with Gasteiger partial charge in [-0.3, -0.25) is 9.48 Å². The molecule has 0 radical (unpaired) electrons. The maximum absolute atomic E-state index is 12.7. The molecular formula is C26H30N6O3. The lowest BCUT2D eigenvalue weighted by molar-refractivity contribution is -0.134. The molecule has 1 saturated heterocycles. The molecule has 2 aromatic heterocycles. The third-order valence-electron chi connectivity index (χ3n) is 7.20. The fraction of sp³-hybridized carbons (Fsp3) is 0.423. The molecule has 2 N–H and O–H groups in total. The summed E-state index contributed by atoms with van der Waals surface area (Å²) < 4.78 is 1.96. The van der Waals surface area contributed by atoms with Gasteiger partial charge in [0.15, 0.2) is 0 Å². The average molecular weight is 475 g/mol. The molecule has 0 unspecified atom stereocenters. The zero-order valence-corrected chi connectivity index (χ0v) is 20.2. The number of aromatic carboxylic acids is 1. The molecule has 1 atom stereocenters. The molecule has 35 heavy (non-hydrogen) atoms. The number of carbonyl (C=O) groups excluding carboxylic acids is 1. The molecule has 0 bridgehead atoms. The molecule has 1 amide bonds. The molecule has 9 nitrogen and oxygen atoms in total. The Balaban J connectivity index is 1.23. The molecule has 1 aliphatic carbocycles. The van der Waals surface area contributed by atoms with E-state index in [1.54, 1.807) is 36.7 Å². The highest BCUT2D eigenvalue weighted by Crippen LogP contribution is 2.52. The lowest BCUT2D eigenvalue weighted by Crippen LogP contribution is -2.40. The van der Waals surface area contributed by atoms with E-state index in [1.807, 2.05) is 22.7 Å². The van der Waals surface area contributed by atoms with Crippen molar-refractivity contribution in [3.05, 3.63) is 54.0 Å². The van der Waals surface area contributed by atoms with Gasteiger partial charge in [0.1, 0.15) is 0 Å². The third kappa shape index (κ3) is 4.76. The summed E-state index contributed by atoms with van der Waals surface area (Å²) in [5, 5.41) is 16.9. The van der Waals surface area contributed by atoms with E-state index in [2.05, 4.69) is 34.2 Å². The molecule has 3 heterocycles. The van der Waals surface area contributed by atoms with Crippen molar-refractivity contribution in [2.24, 2.45) is 11.3 Å². The van der Waals surface area contributed by atoms with Gasteiger partial charge in [0.2, 0.25) is 11.9 Å². The van der Waals surface area contributed by atoms with Crippen LogP contribution in [0.15, 0.2) is 42.9 Å². The summed E-state index contributed by atoms with van der Waals surface area (Å²) in [6, 6.07) is 6.90. The van der Waals surface area contributed by atoms with Crippen LogP contribution >= 0.6 is 0 Å². The van der Waals surface area contributed by atoms with Crippen LogP contribution in [-0.2, 0) is 4.79 Å². The second-order valence-electron chi connectivity index (χ2n) is 10.2. The van der Waals surface area contributed by atoms with E-state index in [0.717, 1.165) is 54.9 Å². The highest BCUT2D eigenvalue weighted by Gasteiger charge is 2.52. The van der Waals surface area contributed by atoms with Crippen LogP contribution in [0.25, 0.3) is 11.3 Å². The summed E-state index contributed by atoms with van der Waals surface area (Å²) in [6.45, 7) is 7.78. The van der Waals surface area contributed by atoms with Gasteiger partial charge in [-0.25, -0.2) is 14.8 Å². The first-order valence-corrected chi connectivity index (χ1v) is 12.0. The Morgan fingerprint density at radius 1 is 1.11 bits per heavy atom. The van der Waals surface area contributed by atoms with E-state index in [9.17, 15) is 9.59 Å². The molecular weight excluding hydrogens is 444 g/mol. The number of nitrogens with zero attached hydrogens (tertiary/aromatic N) is 5. The quantitative estimate of drug-likeness (QED) is 0.548. The van der Waals surface area contributed by atoms with Gasteiger partial charge in [0.05, 0.1) is 29.2 Å². The SMILES string of the molecule is Cc1cnc(Nc2cnn(C3CCN(C(=O)[C@H]4CC4(C)C)CC3)c2)nc1-c1ccc(C(=O)O)cc1. The van der Waals surface area contributed by atoms with E-state index < -0.39 is 5.97 Å². The standard InChI is InChI=1S/C26H30N6O3/c1-16-13-27-25(30-22(16)17-4-6-18(7-5-17)24(34)35)29-19-14-28-32(15-19)20-8-10-31(11-9-20)23(33)21-12-26(21,2)3/h4-7,13-15,20-21H,8-12H2,1-3H3,(H,34,35)(H,27,29,30)/t21-/m1/s1. The summed E-state index contributed by atoms with van der Waals surface area (Å²) >= 11 is 0. The van der Waals surface area contributed by atoms with Crippen LogP contribution < -0.4 is 5.32 Å². The minimum absolute atomic E-state index is 0.163.